The van der Waals surface area contributed by atoms with E-state index < -0.39 is 0 Å². The maximum absolute atomic E-state index is 6.57. The molecule has 0 amide bonds. The summed E-state index contributed by atoms with van der Waals surface area (Å²) in [5.41, 5.74) is 1.98. The molecule has 0 aliphatic carbocycles. The van der Waals surface area contributed by atoms with Gasteiger partial charge < -0.3 is 14.5 Å². The average Bonchev–Trinajstić information content (AvgIpc) is 3.31. The molecule has 4 atom stereocenters. The van der Waals surface area contributed by atoms with Gasteiger partial charge in [0.25, 0.3) is 0 Å². The Morgan fingerprint density at radius 3 is 3.00 bits per heavy atom. The van der Waals surface area contributed by atoms with Crippen molar-refractivity contribution in [1.82, 2.24) is 19.9 Å². The molecule has 3 aliphatic heterocycles. The Balaban J connectivity index is 1.45. The predicted octanol–water partition coefficient (Wildman–Crippen LogP) is 2.39. The first-order valence-corrected chi connectivity index (χ1v) is 9.88. The zero-order valence-corrected chi connectivity index (χ0v) is 16.3. The van der Waals surface area contributed by atoms with Gasteiger partial charge in [0, 0.05) is 61.2 Å². The highest BCUT2D eigenvalue weighted by molar-refractivity contribution is 5.57. The number of aromatic nitrogens is 3. The second kappa shape index (κ2) is 6.24. The Bertz CT molecular complexity index is 842. The van der Waals surface area contributed by atoms with Crippen LogP contribution in [0.5, 0.6) is 0 Å². The molecule has 0 aromatic carbocycles. The summed E-state index contributed by atoms with van der Waals surface area (Å²) < 4.78 is 6.57. The summed E-state index contributed by atoms with van der Waals surface area (Å²) in [6.07, 6.45) is 6.43. The summed E-state index contributed by atoms with van der Waals surface area (Å²) in [6.45, 7) is 5.12. The van der Waals surface area contributed by atoms with E-state index in [1.165, 1.54) is 12.8 Å². The summed E-state index contributed by atoms with van der Waals surface area (Å²) in [5.74, 6) is 2.98. The van der Waals surface area contributed by atoms with E-state index in [-0.39, 0.29) is 5.60 Å². The molecule has 5 heterocycles. The highest BCUT2D eigenvalue weighted by Crippen LogP contribution is 2.55. The molecular formula is C21H27N5O. The summed E-state index contributed by atoms with van der Waals surface area (Å²) in [7, 11) is 4.33. The van der Waals surface area contributed by atoms with Gasteiger partial charge in [-0.05, 0) is 46.0 Å². The van der Waals surface area contributed by atoms with Crippen LogP contribution >= 0.6 is 0 Å². The van der Waals surface area contributed by atoms with E-state index in [0.717, 1.165) is 42.5 Å². The summed E-state index contributed by atoms with van der Waals surface area (Å²) in [4.78, 5) is 18.5. The number of hydrogen-bond donors (Lipinski definition) is 0. The van der Waals surface area contributed by atoms with Gasteiger partial charge in [-0.1, -0.05) is 0 Å². The van der Waals surface area contributed by atoms with Gasteiger partial charge in [-0.2, -0.15) is 0 Å². The normalized spacial score (nSPS) is 31.7. The largest absolute Gasteiger partial charge is 0.369 e. The van der Waals surface area contributed by atoms with Crippen LogP contribution in [0, 0.1) is 18.8 Å². The second-order valence-electron chi connectivity index (χ2n) is 8.61. The molecule has 0 saturated carbocycles. The van der Waals surface area contributed by atoms with Crippen LogP contribution < -0.4 is 4.90 Å². The second-order valence-corrected chi connectivity index (χ2v) is 8.61. The van der Waals surface area contributed by atoms with Gasteiger partial charge >= 0.3 is 0 Å². The molecule has 0 unspecified atom stereocenters. The van der Waals surface area contributed by atoms with E-state index in [2.05, 4.69) is 39.9 Å². The van der Waals surface area contributed by atoms with E-state index in [4.69, 9.17) is 9.72 Å². The summed E-state index contributed by atoms with van der Waals surface area (Å²) in [5, 5.41) is 0. The van der Waals surface area contributed by atoms with Crippen molar-refractivity contribution in [3.8, 4) is 11.4 Å². The molecule has 3 aliphatic rings. The molecule has 3 saturated heterocycles. The first-order valence-electron chi connectivity index (χ1n) is 9.88. The molecule has 142 valence electrons. The lowest BCUT2D eigenvalue weighted by molar-refractivity contribution is 0.0136. The van der Waals surface area contributed by atoms with E-state index in [1.807, 2.05) is 25.3 Å². The predicted molar refractivity (Wildman–Crippen MR) is 105 cm³/mol. The molecule has 2 aromatic rings. The molecule has 5 rings (SSSR count). The van der Waals surface area contributed by atoms with Gasteiger partial charge in [-0.25, -0.2) is 9.97 Å². The Labute approximate surface area is 160 Å². The SMILES string of the molecule is Cc1cc(N2C[C@H]3[C@@H](CN(C)C)[C@@H]4CC[C@@]3(C2)O4)nc(-c2cccnc2)n1. The van der Waals surface area contributed by atoms with E-state index in [9.17, 15) is 0 Å². The first-order chi connectivity index (χ1) is 13.0. The van der Waals surface area contributed by atoms with Crippen LogP contribution in [0.4, 0.5) is 5.82 Å². The Morgan fingerprint density at radius 2 is 2.22 bits per heavy atom. The fourth-order valence-corrected chi connectivity index (χ4v) is 5.37. The maximum Gasteiger partial charge on any atom is 0.163 e. The molecule has 0 radical (unpaired) electrons. The topological polar surface area (TPSA) is 54.4 Å². The number of ether oxygens (including phenoxy) is 1. The zero-order valence-electron chi connectivity index (χ0n) is 16.3. The van der Waals surface area contributed by atoms with Crippen molar-refractivity contribution in [3.63, 3.8) is 0 Å². The molecule has 6 heteroatoms. The average molecular weight is 365 g/mol. The van der Waals surface area contributed by atoms with Crippen molar-refractivity contribution in [2.24, 2.45) is 11.8 Å². The molecule has 3 fully saturated rings. The van der Waals surface area contributed by atoms with Crippen molar-refractivity contribution >= 4 is 5.82 Å². The lowest BCUT2D eigenvalue weighted by Crippen LogP contribution is -2.40. The van der Waals surface area contributed by atoms with E-state index >= 15 is 0 Å². The number of hydrogen-bond acceptors (Lipinski definition) is 6. The Kier molecular flexibility index (Phi) is 3.95. The van der Waals surface area contributed by atoms with Crippen LogP contribution in [-0.4, -0.2) is 65.3 Å². The number of fused-ring (bicyclic) bond motifs is 1. The minimum Gasteiger partial charge on any atom is -0.369 e. The number of anilines is 1. The van der Waals surface area contributed by atoms with E-state index in [0.29, 0.717) is 17.9 Å². The third kappa shape index (κ3) is 2.82. The van der Waals surface area contributed by atoms with Crippen LogP contribution in [0.3, 0.4) is 0 Å². The fourth-order valence-electron chi connectivity index (χ4n) is 5.37. The molecule has 2 aromatic heterocycles. The maximum atomic E-state index is 6.57. The van der Waals surface area contributed by atoms with Crippen LogP contribution in [-0.2, 0) is 4.74 Å². The highest BCUT2D eigenvalue weighted by atomic mass is 16.5. The molecule has 6 nitrogen and oxygen atoms in total. The van der Waals surface area contributed by atoms with Crippen molar-refractivity contribution in [3.05, 3.63) is 36.3 Å². The lowest BCUT2D eigenvalue weighted by atomic mass is 9.73. The van der Waals surface area contributed by atoms with Crippen LogP contribution in [0.25, 0.3) is 11.4 Å². The minimum atomic E-state index is 0.0265. The zero-order chi connectivity index (χ0) is 18.6. The van der Waals surface area contributed by atoms with E-state index in [1.54, 1.807) is 6.20 Å². The molecule has 2 bridgehead atoms. The Hall–Kier alpha value is -2.05. The molecule has 0 N–H and O–H groups in total. The molecule has 27 heavy (non-hydrogen) atoms. The smallest absolute Gasteiger partial charge is 0.163 e. The standard InChI is InChI=1S/C21H27N5O/c1-14-9-19(24-20(23-14)15-5-4-8-22-10-15)26-12-17-16(11-25(2)3)18-6-7-21(17,13-26)27-18/h4-5,8-10,16-18H,6-7,11-13H2,1-3H3/t16-,17+,18+,21+/m1/s1. The third-order valence-corrected chi connectivity index (χ3v) is 6.44. The highest BCUT2D eigenvalue weighted by Gasteiger charge is 2.63. The third-order valence-electron chi connectivity index (χ3n) is 6.44. The van der Waals surface area contributed by atoms with Crippen molar-refractivity contribution < 1.29 is 4.74 Å². The van der Waals surface area contributed by atoms with Crippen LogP contribution in [0.1, 0.15) is 18.5 Å². The van der Waals surface area contributed by atoms with Gasteiger partial charge in [-0.15, -0.1) is 0 Å². The van der Waals surface area contributed by atoms with Crippen molar-refractivity contribution in [1.29, 1.82) is 0 Å². The first kappa shape index (κ1) is 17.1. The lowest BCUT2D eigenvalue weighted by Gasteiger charge is -2.30. The summed E-state index contributed by atoms with van der Waals surface area (Å²) >= 11 is 0. The monoisotopic (exact) mass is 365 g/mol. The van der Waals surface area contributed by atoms with Gasteiger partial charge in [0.15, 0.2) is 5.82 Å². The van der Waals surface area contributed by atoms with Gasteiger partial charge in [-0.3, -0.25) is 4.98 Å². The quantitative estimate of drug-likeness (QED) is 0.829. The number of pyridine rings is 1. The minimum absolute atomic E-state index is 0.0265. The van der Waals surface area contributed by atoms with Gasteiger partial charge in [0.1, 0.15) is 5.82 Å². The number of rotatable bonds is 4. The molecular weight excluding hydrogens is 338 g/mol. The van der Waals surface area contributed by atoms with Crippen LogP contribution in [0.15, 0.2) is 30.6 Å². The number of aryl methyl sites for hydroxylation is 1. The van der Waals surface area contributed by atoms with Crippen molar-refractivity contribution in [2.75, 3.05) is 38.6 Å². The fraction of sp³-hybridized carbons (Fsp3) is 0.571. The number of nitrogens with zero attached hydrogens (tertiary/aromatic N) is 5. The van der Waals surface area contributed by atoms with Crippen LogP contribution in [0.2, 0.25) is 0 Å². The summed E-state index contributed by atoms with van der Waals surface area (Å²) in [6, 6.07) is 6.05. The molecule has 1 spiro atoms. The van der Waals surface area contributed by atoms with Crippen molar-refractivity contribution in [2.45, 2.75) is 31.5 Å². The van der Waals surface area contributed by atoms with Gasteiger partial charge in [0.2, 0.25) is 0 Å². The Morgan fingerprint density at radius 1 is 1.33 bits per heavy atom. The van der Waals surface area contributed by atoms with Gasteiger partial charge in [0.05, 0.1) is 11.7 Å².